The number of hydrogen-bond acceptors (Lipinski definition) is 4. The monoisotopic (exact) mass is 373 g/mol. The lowest BCUT2D eigenvalue weighted by atomic mass is 10.0. The number of ether oxygens (including phenoxy) is 1. The van der Waals surface area contributed by atoms with Crippen LogP contribution in [-0.2, 0) is 9.59 Å². The van der Waals surface area contributed by atoms with Crippen LogP contribution in [0.3, 0.4) is 0 Å². The lowest BCUT2D eigenvalue weighted by molar-refractivity contribution is -0.130. The molecule has 2 aromatic carbocycles. The number of methoxy groups -OCH3 is 1. The molecule has 1 aliphatic rings. The Hall–Kier alpha value is -3.06. The Morgan fingerprint density at radius 1 is 1.23 bits per heavy atom. The smallest absolute Gasteiger partial charge is 0.328 e. The third-order valence-electron chi connectivity index (χ3n) is 3.92. The summed E-state index contributed by atoms with van der Waals surface area (Å²) in [5.74, 6) is -1.58. The van der Waals surface area contributed by atoms with Gasteiger partial charge in [-0.15, -0.1) is 0 Å². The van der Waals surface area contributed by atoms with E-state index in [-0.39, 0.29) is 6.54 Å². The minimum atomic E-state index is -1.05. The first-order valence-corrected chi connectivity index (χ1v) is 8.19. The summed E-state index contributed by atoms with van der Waals surface area (Å²) in [4.78, 5) is 38.3. The summed E-state index contributed by atoms with van der Waals surface area (Å²) in [7, 11) is 1.52. The van der Waals surface area contributed by atoms with E-state index < -0.39 is 23.8 Å². The molecule has 0 aliphatic carbocycles. The van der Waals surface area contributed by atoms with E-state index in [1.165, 1.54) is 7.11 Å². The highest BCUT2D eigenvalue weighted by Crippen LogP contribution is 2.23. The zero-order chi connectivity index (χ0) is 18.7. The highest BCUT2D eigenvalue weighted by atomic mass is 35.5. The second-order valence-corrected chi connectivity index (χ2v) is 6.05. The van der Waals surface area contributed by atoms with E-state index in [9.17, 15) is 14.4 Å². The Labute approximate surface area is 154 Å². The molecule has 2 N–H and O–H groups in total. The molecule has 1 atom stereocenters. The van der Waals surface area contributed by atoms with Gasteiger partial charge in [-0.2, -0.15) is 0 Å². The zero-order valence-electron chi connectivity index (χ0n) is 13.9. The Kier molecular flexibility index (Phi) is 5.09. The Bertz CT molecular complexity index is 854. The third kappa shape index (κ3) is 3.62. The van der Waals surface area contributed by atoms with Crippen LogP contribution in [0.4, 0.5) is 16.2 Å². The van der Waals surface area contributed by atoms with Gasteiger partial charge in [-0.1, -0.05) is 17.7 Å². The van der Waals surface area contributed by atoms with Crippen LogP contribution in [0.1, 0.15) is 0 Å². The molecule has 1 saturated heterocycles. The number of halogens is 1. The number of carbonyl (C=O) groups is 3. The average Bonchev–Trinajstić information content (AvgIpc) is 2.63. The standard InChI is InChI=1S/C18H16ClN3O4/c1-26-14-4-2-3-12(9-14)21-16(23)15-10-20-18(25)22(17(15)24)13-7-5-11(19)6-8-13/h2-9,15H,10H2,1H3,(H,20,25)(H,21,23). The summed E-state index contributed by atoms with van der Waals surface area (Å²) in [5.41, 5.74) is 0.841. The predicted octanol–water partition coefficient (Wildman–Crippen LogP) is 2.66. The Morgan fingerprint density at radius 3 is 2.65 bits per heavy atom. The van der Waals surface area contributed by atoms with Crippen molar-refractivity contribution in [3.05, 3.63) is 53.6 Å². The molecule has 2 aromatic rings. The van der Waals surface area contributed by atoms with Gasteiger partial charge in [0.1, 0.15) is 11.7 Å². The molecule has 8 heteroatoms. The topological polar surface area (TPSA) is 87.7 Å². The largest absolute Gasteiger partial charge is 0.497 e. The molecule has 0 saturated carbocycles. The van der Waals surface area contributed by atoms with E-state index >= 15 is 0 Å². The number of benzene rings is 2. The fraction of sp³-hybridized carbons (Fsp3) is 0.167. The van der Waals surface area contributed by atoms with Crippen LogP contribution in [0.25, 0.3) is 0 Å². The van der Waals surface area contributed by atoms with Gasteiger partial charge in [-0.3, -0.25) is 9.59 Å². The maximum absolute atomic E-state index is 12.7. The summed E-state index contributed by atoms with van der Waals surface area (Å²) in [5, 5.41) is 5.71. The first kappa shape index (κ1) is 17.8. The van der Waals surface area contributed by atoms with Gasteiger partial charge >= 0.3 is 6.03 Å². The Morgan fingerprint density at radius 2 is 1.96 bits per heavy atom. The summed E-state index contributed by atoms with van der Waals surface area (Å²) in [6.45, 7) is -0.0719. The second-order valence-electron chi connectivity index (χ2n) is 5.61. The van der Waals surface area contributed by atoms with E-state index in [1.807, 2.05) is 0 Å². The van der Waals surface area contributed by atoms with Crippen LogP contribution < -0.4 is 20.3 Å². The van der Waals surface area contributed by atoms with E-state index in [4.69, 9.17) is 16.3 Å². The summed E-state index contributed by atoms with van der Waals surface area (Å²) < 4.78 is 5.11. The number of anilines is 2. The molecular weight excluding hydrogens is 358 g/mol. The number of rotatable bonds is 4. The van der Waals surface area contributed by atoms with E-state index in [1.54, 1.807) is 48.5 Å². The highest BCUT2D eigenvalue weighted by Gasteiger charge is 2.39. The SMILES string of the molecule is COc1cccc(NC(=O)C2CNC(=O)N(c3ccc(Cl)cc3)C2=O)c1. The molecule has 0 aromatic heterocycles. The molecule has 7 nitrogen and oxygen atoms in total. The molecule has 26 heavy (non-hydrogen) atoms. The van der Waals surface area contributed by atoms with Gasteiger partial charge in [0.25, 0.3) is 0 Å². The van der Waals surface area contributed by atoms with E-state index in [0.717, 1.165) is 4.90 Å². The number of imide groups is 1. The number of hydrogen-bond donors (Lipinski definition) is 2. The lowest BCUT2D eigenvalue weighted by Gasteiger charge is -2.30. The van der Waals surface area contributed by atoms with E-state index in [0.29, 0.717) is 22.1 Å². The summed E-state index contributed by atoms with van der Waals surface area (Å²) in [6.07, 6.45) is 0. The summed E-state index contributed by atoms with van der Waals surface area (Å²) in [6, 6.07) is 12.4. The number of amides is 4. The van der Waals surface area contributed by atoms with Gasteiger partial charge in [0.15, 0.2) is 0 Å². The maximum Gasteiger partial charge on any atom is 0.328 e. The van der Waals surface area contributed by atoms with Crippen LogP contribution in [0, 0.1) is 5.92 Å². The van der Waals surface area contributed by atoms with Crippen LogP contribution in [0.2, 0.25) is 5.02 Å². The van der Waals surface area contributed by atoms with Crippen molar-refractivity contribution in [2.24, 2.45) is 5.92 Å². The number of nitrogens with one attached hydrogen (secondary N) is 2. The summed E-state index contributed by atoms with van der Waals surface area (Å²) >= 11 is 5.84. The van der Waals surface area contributed by atoms with Gasteiger partial charge in [0.2, 0.25) is 11.8 Å². The van der Waals surface area contributed by atoms with Crippen molar-refractivity contribution < 1.29 is 19.1 Å². The first-order chi connectivity index (χ1) is 12.5. The minimum absolute atomic E-state index is 0.0719. The molecule has 1 aliphatic heterocycles. The minimum Gasteiger partial charge on any atom is -0.497 e. The molecule has 0 bridgehead atoms. The molecule has 0 radical (unpaired) electrons. The Balaban J connectivity index is 1.79. The highest BCUT2D eigenvalue weighted by molar-refractivity contribution is 6.30. The van der Waals surface area contributed by atoms with Crippen LogP contribution in [-0.4, -0.2) is 31.5 Å². The van der Waals surface area contributed by atoms with Crippen molar-refractivity contribution >= 4 is 40.8 Å². The van der Waals surface area contributed by atoms with Crippen LogP contribution in [0.5, 0.6) is 5.75 Å². The fourth-order valence-electron chi connectivity index (χ4n) is 2.58. The molecule has 4 amide bonds. The van der Waals surface area contributed by atoms with Crippen LogP contribution >= 0.6 is 11.6 Å². The van der Waals surface area contributed by atoms with Crippen molar-refractivity contribution in [1.82, 2.24) is 5.32 Å². The normalized spacial score (nSPS) is 16.8. The average molecular weight is 374 g/mol. The predicted molar refractivity (Wildman–Crippen MR) is 97.5 cm³/mol. The number of nitrogens with zero attached hydrogens (tertiary/aromatic N) is 1. The van der Waals surface area contributed by atoms with Gasteiger partial charge < -0.3 is 15.4 Å². The quantitative estimate of drug-likeness (QED) is 0.806. The molecule has 3 rings (SSSR count). The van der Waals surface area contributed by atoms with Crippen molar-refractivity contribution in [2.75, 3.05) is 23.9 Å². The molecule has 1 heterocycles. The lowest BCUT2D eigenvalue weighted by Crippen LogP contribution is -2.58. The van der Waals surface area contributed by atoms with E-state index in [2.05, 4.69) is 10.6 Å². The van der Waals surface area contributed by atoms with Gasteiger partial charge in [-0.05, 0) is 36.4 Å². The molecule has 134 valence electrons. The van der Waals surface area contributed by atoms with Crippen molar-refractivity contribution in [2.45, 2.75) is 0 Å². The maximum atomic E-state index is 12.7. The van der Waals surface area contributed by atoms with Crippen molar-refractivity contribution in [3.63, 3.8) is 0 Å². The number of carbonyl (C=O) groups excluding carboxylic acids is 3. The molecule has 1 unspecified atom stereocenters. The first-order valence-electron chi connectivity index (χ1n) is 7.82. The van der Waals surface area contributed by atoms with Gasteiger partial charge in [0, 0.05) is 23.3 Å². The van der Waals surface area contributed by atoms with Crippen LogP contribution in [0.15, 0.2) is 48.5 Å². The number of urea groups is 1. The molecule has 0 spiro atoms. The third-order valence-corrected chi connectivity index (χ3v) is 4.17. The van der Waals surface area contributed by atoms with Gasteiger partial charge in [0.05, 0.1) is 12.8 Å². The van der Waals surface area contributed by atoms with Crippen molar-refractivity contribution in [1.29, 1.82) is 0 Å². The second kappa shape index (κ2) is 7.45. The molecular formula is C18H16ClN3O4. The molecule has 1 fully saturated rings. The van der Waals surface area contributed by atoms with Crippen molar-refractivity contribution in [3.8, 4) is 5.75 Å². The zero-order valence-corrected chi connectivity index (χ0v) is 14.6. The fourth-order valence-corrected chi connectivity index (χ4v) is 2.71. The van der Waals surface area contributed by atoms with Gasteiger partial charge in [-0.25, -0.2) is 9.69 Å².